The van der Waals surface area contributed by atoms with Gasteiger partial charge in [-0.3, -0.25) is 15.0 Å². The Balaban J connectivity index is 1.36. The first-order chi connectivity index (χ1) is 15.7. The molecule has 4 rings (SSSR count). The van der Waals surface area contributed by atoms with Gasteiger partial charge in [-0.15, -0.1) is 11.3 Å². The summed E-state index contributed by atoms with van der Waals surface area (Å²) in [5, 5.41) is 5.36. The van der Waals surface area contributed by atoms with E-state index in [0.29, 0.717) is 23.8 Å². The number of aromatic nitrogens is 1. The Kier molecular flexibility index (Phi) is 7.49. The van der Waals surface area contributed by atoms with Crippen LogP contribution in [0, 0.1) is 5.92 Å². The van der Waals surface area contributed by atoms with Crippen molar-refractivity contribution in [2.24, 2.45) is 5.92 Å². The van der Waals surface area contributed by atoms with Crippen LogP contribution in [0.5, 0.6) is 0 Å². The van der Waals surface area contributed by atoms with Gasteiger partial charge < -0.3 is 4.74 Å². The number of hydrogen-bond acceptors (Lipinski definition) is 7. The number of piperidine rings is 1. The number of carbonyl (C=O) groups is 1. The molecule has 1 aromatic carbocycles. The van der Waals surface area contributed by atoms with Crippen LogP contribution in [0.3, 0.4) is 0 Å². The first kappa shape index (κ1) is 24.3. The fraction of sp³-hybridized carbons (Fsp3) is 0.565. The second-order valence-electron chi connectivity index (χ2n) is 9.16. The van der Waals surface area contributed by atoms with E-state index in [1.165, 1.54) is 40.6 Å². The van der Waals surface area contributed by atoms with Crippen LogP contribution in [0.25, 0.3) is 0 Å². The highest BCUT2D eigenvalue weighted by atomic mass is 32.2. The monoisotopic (exact) mass is 492 g/mol. The minimum absolute atomic E-state index is 0.157. The molecule has 1 amide bonds. The summed E-state index contributed by atoms with van der Waals surface area (Å²) >= 11 is 1.40. The summed E-state index contributed by atoms with van der Waals surface area (Å²) in [6.45, 7) is 9.61. The Morgan fingerprint density at radius 3 is 2.39 bits per heavy atom. The van der Waals surface area contributed by atoms with Gasteiger partial charge >= 0.3 is 0 Å². The van der Waals surface area contributed by atoms with Crippen molar-refractivity contribution in [3.63, 3.8) is 0 Å². The van der Waals surface area contributed by atoms with Crippen molar-refractivity contribution < 1.29 is 17.9 Å². The van der Waals surface area contributed by atoms with Gasteiger partial charge in [0.15, 0.2) is 5.13 Å². The zero-order chi connectivity index (χ0) is 23.6. The largest absolute Gasteiger partial charge is 0.373 e. The van der Waals surface area contributed by atoms with E-state index in [4.69, 9.17) is 4.74 Å². The molecule has 0 radical (unpaired) electrons. The highest BCUT2D eigenvalue weighted by Crippen LogP contribution is 2.23. The summed E-state index contributed by atoms with van der Waals surface area (Å²) in [4.78, 5) is 19.8. The Morgan fingerprint density at radius 2 is 1.76 bits per heavy atom. The van der Waals surface area contributed by atoms with Gasteiger partial charge in [0.2, 0.25) is 10.0 Å². The lowest BCUT2D eigenvalue weighted by atomic mass is 9.99. The number of sulfonamides is 1. The maximum atomic E-state index is 13.0. The minimum atomic E-state index is -3.64. The number of ether oxygens (including phenoxy) is 1. The predicted molar refractivity (Wildman–Crippen MR) is 129 cm³/mol. The van der Waals surface area contributed by atoms with E-state index >= 15 is 0 Å². The molecular weight excluding hydrogens is 460 g/mol. The van der Waals surface area contributed by atoms with Crippen LogP contribution < -0.4 is 5.32 Å². The fourth-order valence-corrected chi connectivity index (χ4v) is 6.60. The van der Waals surface area contributed by atoms with Gasteiger partial charge in [0.25, 0.3) is 5.91 Å². The summed E-state index contributed by atoms with van der Waals surface area (Å²) in [6.07, 6.45) is 2.11. The minimum Gasteiger partial charge on any atom is -0.373 e. The molecular formula is C23H32N4O4S2. The molecule has 3 heterocycles. The summed E-state index contributed by atoms with van der Waals surface area (Å²) < 4.78 is 33.1. The fourth-order valence-electron chi connectivity index (χ4n) is 4.31. The average Bonchev–Trinajstić information content (AvgIpc) is 3.21. The summed E-state index contributed by atoms with van der Waals surface area (Å²) in [6, 6.07) is 6.05. The van der Waals surface area contributed by atoms with Crippen LogP contribution in [0.15, 0.2) is 34.5 Å². The molecule has 33 heavy (non-hydrogen) atoms. The van der Waals surface area contributed by atoms with Crippen LogP contribution in [-0.2, 0) is 21.3 Å². The molecule has 1 aromatic heterocycles. The molecule has 10 heteroatoms. The quantitative estimate of drug-likeness (QED) is 0.664. The number of rotatable bonds is 6. The number of morpholine rings is 1. The molecule has 2 aliphatic rings. The normalized spacial score (nSPS) is 23.5. The molecule has 2 aliphatic heterocycles. The second-order valence-corrected chi connectivity index (χ2v) is 12.0. The summed E-state index contributed by atoms with van der Waals surface area (Å²) in [5.41, 5.74) is 1.35. The lowest BCUT2D eigenvalue weighted by Crippen LogP contribution is -2.48. The van der Waals surface area contributed by atoms with Crippen LogP contribution in [-0.4, -0.2) is 66.9 Å². The Morgan fingerprint density at radius 1 is 1.12 bits per heavy atom. The van der Waals surface area contributed by atoms with Crippen LogP contribution in [0.4, 0.5) is 5.13 Å². The van der Waals surface area contributed by atoms with Gasteiger partial charge in [-0.25, -0.2) is 13.4 Å². The Labute approximate surface area is 200 Å². The number of nitrogens with one attached hydrogen (secondary N) is 1. The molecule has 180 valence electrons. The van der Waals surface area contributed by atoms with Gasteiger partial charge in [-0.1, -0.05) is 6.92 Å². The van der Waals surface area contributed by atoms with Crippen molar-refractivity contribution in [1.29, 1.82) is 0 Å². The number of anilines is 1. The Hall–Kier alpha value is -1.85. The van der Waals surface area contributed by atoms with E-state index < -0.39 is 10.0 Å². The molecule has 8 nitrogen and oxygen atoms in total. The lowest BCUT2D eigenvalue weighted by Gasteiger charge is -2.34. The Bertz CT molecular complexity index is 1050. The molecule has 2 atom stereocenters. The molecule has 0 saturated carbocycles. The van der Waals surface area contributed by atoms with Crippen LogP contribution in [0.1, 0.15) is 49.7 Å². The summed E-state index contributed by atoms with van der Waals surface area (Å²) in [7, 11) is -3.64. The summed E-state index contributed by atoms with van der Waals surface area (Å²) in [5.74, 6) is 0.481. The number of amides is 1. The third-order valence-electron chi connectivity index (χ3n) is 6.17. The smallest absolute Gasteiger partial charge is 0.257 e. The zero-order valence-electron chi connectivity index (χ0n) is 19.4. The van der Waals surface area contributed by atoms with Gasteiger partial charge in [0.05, 0.1) is 22.8 Å². The molecule has 2 fully saturated rings. The van der Waals surface area contributed by atoms with E-state index in [1.54, 1.807) is 12.1 Å². The number of nitrogens with zero attached hydrogens (tertiary/aromatic N) is 3. The van der Waals surface area contributed by atoms with Crippen molar-refractivity contribution in [2.75, 3.05) is 31.5 Å². The highest BCUT2D eigenvalue weighted by molar-refractivity contribution is 7.89. The topological polar surface area (TPSA) is 91.8 Å². The molecule has 2 aromatic rings. The molecule has 0 bridgehead atoms. The molecule has 0 aliphatic carbocycles. The average molecular weight is 493 g/mol. The molecule has 1 N–H and O–H groups in total. The van der Waals surface area contributed by atoms with Gasteiger partial charge in [0, 0.05) is 30.6 Å². The number of carbonyl (C=O) groups excluding carboxylic acids is 1. The molecule has 0 spiro atoms. The van der Waals surface area contributed by atoms with Gasteiger partial charge in [-0.2, -0.15) is 4.31 Å². The van der Waals surface area contributed by atoms with Crippen molar-refractivity contribution in [3.8, 4) is 0 Å². The lowest BCUT2D eigenvalue weighted by molar-refractivity contribution is -0.0440. The molecule has 2 saturated heterocycles. The number of likely N-dealkylation sites (tertiary alicyclic amines) is 1. The van der Waals surface area contributed by atoms with Gasteiger partial charge in [-0.05, 0) is 70.0 Å². The third-order valence-corrected chi connectivity index (χ3v) is 8.83. The van der Waals surface area contributed by atoms with E-state index in [9.17, 15) is 13.2 Å². The van der Waals surface area contributed by atoms with E-state index in [2.05, 4.69) is 22.1 Å². The standard InChI is InChI=1S/C23H32N4O4S2/c1-16-8-10-26(11-9-16)14-20-15-32-23(24-20)25-22(28)19-4-6-21(7-5-19)33(29,30)27-12-17(2)31-18(3)13-27/h4-7,15-18H,8-14H2,1-3H3,(H,24,25,28)/t17-,18-/m1/s1. The maximum Gasteiger partial charge on any atom is 0.257 e. The third kappa shape index (κ3) is 5.99. The molecule has 0 unspecified atom stereocenters. The number of benzene rings is 1. The van der Waals surface area contributed by atoms with E-state index in [-0.39, 0.29) is 23.0 Å². The second kappa shape index (κ2) is 10.2. The van der Waals surface area contributed by atoms with Crippen molar-refractivity contribution in [1.82, 2.24) is 14.2 Å². The zero-order valence-corrected chi connectivity index (χ0v) is 21.0. The first-order valence-corrected chi connectivity index (χ1v) is 13.8. The van der Waals surface area contributed by atoms with Crippen LogP contribution in [0.2, 0.25) is 0 Å². The van der Waals surface area contributed by atoms with Crippen molar-refractivity contribution in [3.05, 3.63) is 40.9 Å². The number of hydrogen-bond donors (Lipinski definition) is 1. The van der Waals surface area contributed by atoms with E-state index in [1.807, 2.05) is 19.2 Å². The van der Waals surface area contributed by atoms with E-state index in [0.717, 1.165) is 31.2 Å². The van der Waals surface area contributed by atoms with Crippen molar-refractivity contribution >= 4 is 32.4 Å². The number of thiazole rings is 1. The first-order valence-electron chi connectivity index (χ1n) is 11.4. The van der Waals surface area contributed by atoms with Crippen molar-refractivity contribution in [2.45, 2.75) is 57.3 Å². The predicted octanol–water partition coefficient (Wildman–Crippen LogP) is 3.43. The SMILES string of the molecule is CC1CCN(Cc2csc(NC(=O)c3ccc(S(=O)(=O)N4C[C@@H](C)O[C@H](C)C4)cc3)n2)CC1. The van der Waals surface area contributed by atoms with Gasteiger partial charge in [0.1, 0.15) is 0 Å². The maximum absolute atomic E-state index is 13.0. The van der Waals surface area contributed by atoms with Crippen LogP contribution >= 0.6 is 11.3 Å². The highest BCUT2D eigenvalue weighted by Gasteiger charge is 2.32.